The van der Waals surface area contributed by atoms with Crippen LogP contribution < -0.4 is 4.74 Å². The molecule has 0 radical (unpaired) electrons. The van der Waals surface area contributed by atoms with Crippen LogP contribution >= 0.6 is 15.9 Å². The molecule has 3 heterocycles. The van der Waals surface area contributed by atoms with E-state index in [0.717, 1.165) is 0 Å². The number of imidazole rings is 1. The Hall–Kier alpha value is -2.10. The van der Waals surface area contributed by atoms with E-state index in [1.807, 2.05) is 0 Å². The molecule has 2 unspecified atom stereocenters. The second-order valence-corrected chi connectivity index (χ2v) is 6.58. The summed E-state index contributed by atoms with van der Waals surface area (Å²) in [6.07, 6.45) is -0.358. The maximum atomic E-state index is 13.8. The quantitative estimate of drug-likeness (QED) is 0.685. The van der Waals surface area contributed by atoms with Crippen molar-refractivity contribution in [2.75, 3.05) is 6.61 Å². The maximum absolute atomic E-state index is 13.8. The molecule has 0 saturated heterocycles. The van der Waals surface area contributed by atoms with Gasteiger partial charge in [0, 0.05) is 17.8 Å². The van der Waals surface area contributed by atoms with E-state index in [1.165, 1.54) is 18.3 Å². The molecule has 5 nitrogen and oxygen atoms in total. The molecule has 0 spiro atoms. The molecule has 4 rings (SSSR count). The van der Waals surface area contributed by atoms with Crippen LogP contribution in [0, 0.1) is 5.82 Å². The van der Waals surface area contributed by atoms with Crippen molar-refractivity contribution in [1.29, 1.82) is 0 Å². The average Bonchev–Trinajstić information content (AvgIpc) is 2.95. The Balaban J connectivity index is 1.92. The van der Waals surface area contributed by atoms with E-state index < -0.39 is 24.6 Å². The Morgan fingerprint density at radius 2 is 2.12 bits per heavy atom. The van der Waals surface area contributed by atoms with Crippen LogP contribution in [-0.4, -0.2) is 27.7 Å². The van der Waals surface area contributed by atoms with Gasteiger partial charge in [0.2, 0.25) is 0 Å². The van der Waals surface area contributed by atoms with Crippen molar-refractivity contribution >= 4 is 21.6 Å². The van der Waals surface area contributed by atoms with Gasteiger partial charge in [-0.1, -0.05) is 18.2 Å². The highest BCUT2D eigenvalue weighted by molar-refractivity contribution is 9.10. The summed E-state index contributed by atoms with van der Waals surface area (Å²) in [5.41, 5.74) is 1.39. The number of ether oxygens (including phenoxy) is 2. The number of alkyl halides is 2. The minimum absolute atomic E-state index is 0.0361. The molecule has 1 aromatic carbocycles. The first kappa shape index (κ1) is 17.3. The van der Waals surface area contributed by atoms with Crippen LogP contribution in [0.25, 0.3) is 5.65 Å². The Bertz CT molecular complexity index is 979. The molecule has 0 aliphatic carbocycles. The van der Waals surface area contributed by atoms with Gasteiger partial charge in [0.05, 0.1) is 22.5 Å². The number of benzene rings is 1. The summed E-state index contributed by atoms with van der Waals surface area (Å²) in [6.45, 7) is -3.07. The average molecular weight is 429 g/mol. The van der Waals surface area contributed by atoms with Gasteiger partial charge in [-0.25, -0.2) is 9.37 Å². The predicted octanol–water partition coefficient (Wildman–Crippen LogP) is 3.99. The lowest BCUT2D eigenvalue weighted by Gasteiger charge is -2.27. The number of pyridine rings is 1. The minimum Gasteiger partial charge on any atom is -0.434 e. The van der Waals surface area contributed by atoms with Crippen LogP contribution in [0.5, 0.6) is 5.75 Å². The van der Waals surface area contributed by atoms with Crippen molar-refractivity contribution in [3.8, 4) is 5.75 Å². The predicted molar refractivity (Wildman–Crippen MR) is 88.7 cm³/mol. The van der Waals surface area contributed by atoms with Gasteiger partial charge < -0.3 is 14.6 Å². The molecule has 1 aliphatic rings. The Labute approximate surface area is 154 Å². The standard InChI is InChI=1S/C17H12BrF3N2O3/c18-9-6-23-13(5-10(9)19)22-14-11(24)7-25-16(15(14)23)8-3-1-2-4-12(8)26-17(20)21/h1-6,11,16-17,24H,7H2. The smallest absolute Gasteiger partial charge is 0.387 e. The van der Waals surface area contributed by atoms with Crippen LogP contribution in [0.2, 0.25) is 0 Å². The fourth-order valence-electron chi connectivity index (χ4n) is 3.06. The lowest BCUT2D eigenvalue weighted by molar-refractivity contribution is -0.0548. The third-order valence-electron chi connectivity index (χ3n) is 4.13. The highest BCUT2D eigenvalue weighted by Crippen LogP contribution is 2.41. The molecule has 0 amide bonds. The lowest BCUT2D eigenvalue weighted by Crippen LogP contribution is -2.23. The molecule has 26 heavy (non-hydrogen) atoms. The molecule has 1 aliphatic heterocycles. The Kier molecular flexibility index (Phi) is 4.37. The third-order valence-corrected chi connectivity index (χ3v) is 4.72. The monoisotopic (exact) mass is 428 g/mol. The van der Waals surface area contributed by atoms with E-state index in [2.05, 4.69) is 25.7 Å². The molecule has 2 atom stereocenters. The van der Waals surface area contributed by atoms with Crippen LogP contribution in [0.4, 0.5) is 13.2 Å². The van der Waals surface area contributed by atoms with E-state index in [-0.39, 0.29) is 22.5 Å². The Morgan fingerprint density at radius 3 is 2.88 bits per heavy atom. The highest BCUT2D eigenvalue weighted by Gasteiger charge is 2.35. The van der Waals surface area contributed by atoms with Crippen molar-refractivity contribution in [3.05, 3.63) is 63.8 Å². The number of fused-ring (bicyclic) bond motifs is 3. The lowest BCUT2D eigenvalue weighted by atomic mass is 9.99. The molecular weight excluding hydrogens is 417 g/mol. The SMILES string of the molecule is OC1COC(c2ccccc2OC(F)F)c2c1nc1cc(F)c(Br)cn21. The van der Waals surface area contributed by atoms with E-state index in [9.17, 15) is 18.3 Å². The molecule has 1 N–H and O–H groups in total. The zero-order chi connectivity index (χ0) is 18.4. The molecule has 136 valence electrons. The first-order chi connectivity index (χ1) is 12.5. The number of aliphatic hydroxyl groups is 1. The number of hydrogen-bond donors (Lipinski definition) is 1. The molecule has 0 saturated carbocycles. The zero-order valence-electron chi connectivity index (χ0n) is 13.1. The number of aromatic nitrogens is 2. The molecule has 3 aromatic rings. The van der Waals surface area contributed by atoms with Crippen LogP contribution in [0.1, 0.15) is 29.2 Å². The number of aliphatic hydroxyl groups excluding tert-OH is 1. The first-order valence-corrected chi connectivity index (χ1v) is 8.45. The van der Waals surface area contributed by atoms with Gasteiger partial charge in [0.1, 0.15) is 29.4 Å². The first-order valence-electron chi connectivity index (χ1n) is 7.66. The molecule has 2 aromatic heterocycles. The van der Waals surface area contributed by atoms with Crippen molar-refractivity contribution < 1.29 is 27.8 Å². The second-order valence-electron chi connectivity index (χ2n) is 5.73. The second kappa shape index (κ2) is 6.57. The number of halogens is 4. The summed E-state index contributed by atoms with van der Waals surface area (Å²) >= 11 is 3.12. The number of para-hydroxylation sites is 1. The normalized spacial score (nSPS) is 19.8. The summed E-state index contributed by atoms with van der Waals surface area (Å²) in [5.74, 6) is -0.542. The summed E-state index contributed by atoms with van der Waals surface area (Å²) in [5, 5.41) is 10.2. The van der Waals surface area contributed by atoms with Crippen molar-refractivity contribution in [2.24, 2.45) is 0 Å². The summed E-state index contributed by atoms with van der Waals surface area (Å²) < 4.78 is 51.4. The van der Waals surface area contributed by atoms with Gasteiger partial charge in [-0.2, -0.15) is 8.78 Å². The molecule has 0 fully saturated rings. The topological polar surface area (TPSA) is 56.0 Å². The van der Waals surface area contributed by atoms with E-state index in [1.54, 1.807) is 22.6 Å². The van der Waals surface area contributed by atoms with Gasteiger partial charge in [-0.3, -0.25) is 4.40 Å². The third kappa shape index (κ3) is 2.85. The molecular formula is C17H12BrF3N2O3. The number of nitrogens with zero attached hydrogens (tertiary/aromatic N) is 2. The Morgan fingerprint density at radius 1 is 1.35 bits per heavy atom. The summed E-state index contributed by atoms with van der Waals surface area (Å²) in [6, 6.07) is 7.46. The fourth-order valence-corrected chi connectivity index (χ4v) is 3.38. The number of hydrogen-bond acceptors (Lipinski definition) is 4. The van der Waals surface area contributed by atoms with Gasteiger partial charge in [-0.15, -0.1) is 0 Å². The van der Waals surface area contributed by atoms with E-state index in [4.69, 9.17) is 4.74 Å². The number of rotatable bonds is 3. The maximum Gasteiger partial charge on any atom is 0.387 e. The van der Waals surface area contributed by atoms with E-state index in [0.29, 0.717) is 17.0 Å². The van der Waals surface area contributed by atoms with Crippen molar-refractivity contribution in [2.45, 2.75) is 18.8 Å². The van der Waals surface area contributed by atoms with Crippen LogP contribution in [0.3, 0.4) is 0 Å². The summed E-state index contributed by atoms with van der Waals surface area (Å²) in [7, 11) is 0. The van der Waals surface area contributed by atoms with Crippen LogP contribution in [0.15, 0.2) is 41.0 Å². The van der Waals surface area contributed by atoms with Gasteiger partial charge in [0.25, 0.3) is 0 Å². The minimum atomic E-state index is -2.99. The zero-order valence-corrected chi connectivity index (χ0v) is 14.7. The molecule has 9 heteroatoms. The van der Waals surface area contributed by atoms with Crippen molar-refractivity contribution in [3.63, 3.8) is 0 Å². The van der Waals surface area contributed by atoms with E-state index >= 15 is 0 Å². The van der Waals surface area contributed by atoms with Gasteiger partial charge in [0.15, 0.2) is 0 Å². The largest absolute Gasteiger partial charge is 0.434 e. The van der Waals surface area contributed by atoms with Gasteiger partial charge >= 0.3 is 6.61 Å². The fraction of sp³-hybridized carbons (Fsp3) is 0.235. The molecule has 0 bridgehead atoms. The van der Waals surface area contributed by atoms with Crippen LogP contribution in [-0.2, 0) is 4.74 Å². The summed E-state index contributed by atoms with van der Waals surface area (Å²) in [4.78, 5) is 4.29. The highest BCUT2D eigenvalue weighted by atomic mass is 79.9. The van der Waals surface area contributed by atoms with Gasteiger partial charge in [-0.05, 0) is 22.0 Å². The van der Waals surface area contributed by atoms with Crippen molar-refractivity contribution in [1.82, 2.24) is 9.38 Å².